The number of nitrogens with one attached hydrogen (secondary N) is 1. The SMILES string of the molecule is CN1CCN(Cc2ccc(-c3cnc4[nH]c(=O)n(-c5ccccc5)c4n3)cc2)CC1. The summed E-state index contributed by atoms with van der Waals surface area (Å²) in [6.45, 7) is 5.40. The molecule has 0 aliphatic carbocycles. The minimum atomic E-state index is -0.240. The lowest BCUT2D eigenvalue weighted by molar-refractivity contribution is 0.148. The van der Waals surface area contributed by atoms with Crippen LogP contribution in [0.1, 0.15) is 5.56 Å². The Hall–Kier alpha value is -3.29. The fourth-order valence-electron chi connectivity index (χ4n) is 3.88. The van der Waals surface area contributed by atoms with E-state index < -0.39 is 0 Å². The summed E-state index contributed by atoms with van der Waals surface area (Å²) >= 11 is 0. The lowest BCUT2D eigenvalue weighted by atomic mass is 10.1. The molecule has 1 aliphatic heterocycles. The van der Waals surface area contributed by atoms with Crippen LogP contribution in [0.25, 0.3) is 28.2 Å². The molecular formula is C23H24N6O. The van der Waals surface area contributed by atoms with Gasteiger partial charge < -0.3 is 4.90 Å². The van der Waals surface area contributed by atoms with Crippen molar-refractivity contribution in [3.63, 3.8) is 0 Å². The molecule has 0 bridgehead atoms. The normalized spacial score (nSPS) is 15.6. The van der Waals surface area contributed by atoms with Crippen molar-refractivity contribution in [1.82, 2.24) is 29.3 Å². The first-order chi connectivity index (χ1) is 14.7. The van der Waals surface area contributed by atoms with E-state index in [0.717, 1.165) is 49.7 Å². The molecule has 3 heterocycles. The Balaban J connectivity index is 1.43. The molecule has 7 nitrogen and oxygen atoms in total. The van der Waals surface area contributed by atoms with E-state index in [1.165, 1.54) is 5.56 Å². The van der Waals surface area contributed by atoms with Crippen molar-refractivity contribution in [3.8, 4) is 16.9 Å². The van der Waals surface area contributed by atoms with Crippen LogP contribution in [0.4, 0.5) is 0 Å². The quantitative estimate of drug-likeness (QED) is 0.570. The van der Waals surface area contributed by atoms with Crippen molar-refractivity contribution in [1.29, 1.82) is 0 Å². The van der Waals surface area contributed by atoms with Crippen molar-refractivity contribution in [3.05, 3.63) is 76.8 Å². The van der Waals surface area contributed by atoms with Crippen LogP contribution >= 0.6 is 0 Å². The number of piperazine rings is 1. The molecule has 0 amide bonds. The van der Waals surface area contributed by atoms with Crippen molar-refractivity contribution < 1.29 is 0 Å². The average Bonchev–Trinajstić information content (AvgIpc) is 3.11. The lowest BCUT2D eigenvalue weighted by Gasteiger charge is -2.32. The third kappa shape index (κ3) is 3.65. The Morgan fingerprint density at radius 2 is 1.70 bits per heavy atom. The third-order valence-corrected chi connectivity index (χ3v) is 5.66. The Morgan fingerprint density at radius 1 is 0.967 bits per heavy atom. The van der Waals surface area contributed by atoms with Gasteiger partial charge >= 0.3 is 5.69 Å². The first-order valence-corrected chi connectivity index (χ1v) is 10.2. The largest absolute Gasteiger partial charge is 0.333 e. The monoisotopic (exact) mass is 400 g/mol. The molecule has 4 aromatic rings. The van der Waals surface area contributed by atoms with Crippen LogP contribution in [0.2, 0.25) is 0 Å². The first kappa shape index (κ1) is 18.7. The van der Waals surface area contributed by atoms with Crippen molar-refractivity contribution in [2.75, 3.05) is 33.2 Å². The van der Waals surface area contributed by atoms with E-state index in [9.17, 15) is 4.79 Å². The van der Waals surface area contributed by atoms with Crippen LogP contribution in [-0.2, 0) is 6.54 Å². The smallest absolute Gasteiger partial charge is 0.304 e. The molecule has 1 saturated heterocycles. The van der Waals surface area contributed by atoms with Crippen LogP contribution in [0.3, 0.4) is 0 Å². The maximum atomic E-state index is 12.5. The Bertz CT molecular complexity index is 1200. The maximum absolute atomic E-state index is 12.5. The molecule has 0 spiro atoms. The maximum Gasteiger partial charge on any atom is 0.333 e. The summed E-state index contributed by atoms with van der Waals surface area (Å²) in [5.41, 5.74) is 4.57. The highest BCUT2D eigenvalue weighted by Gasteiger charge is 2.15. The van der Waals surface area contributed by atoms with Crippen LogP contribution < -0.4 is 5.69 Å². The number of nitrogens with zero attached hydrogens (tertiary/aromatic N) is 5. The lowest BCUT2D eigenvalue weighted by Crippen LogP contribution is -2.43. The highest BCUT2D eigenvalue weighted by atomic mass is 16.1. The predicted octanol–water partition coefficient (Wildman–Crippen LogP) is 2.52. The van der Waals surface area contributed by atoms with Crippen LogP contribution in [-0.4, -0.2) is 62.5 Å². The number of H-pyrrole nitrogens is 1. The van der Waals surface area contributed by atoms with Crippen molar-refractivity contribution >= 4 is 11.3 Å². The summed E-state index contributed by atoms with van der Waals surface area (Å²) in [5.74, 6) is 0. The molecule has 1 fully saturated rings. The minimum Gasteiger partial charge on any atom is -0.304 e. The van der Waals surface area contributed by atoms with E-state index in [4.69, 9.17) is 4.98 Å². The molecule has 0 saturated carbocycles. The second-order valence-corrected chi connectivity index (χ2v) is 7.80. The number of hydrogen-bond acceptors (Lipinski definition) is 5. The molecule has 0 radical (unpaired) electrons. The Morgan fingerprint density at radius 3 is 2.43 bits per heavy atom. The fourth-order valence-corrected chi connectivity index (χ4v) is 3.88. The van der Waals surface area contributed by atoms with E-state index in [0.29, 0.717) is 11.3 Å². The van der Waals surface area contributed by atoms with Crippen LogP contribution in [0.15, 0.2) is 65.6 Å². The summed E-state index contributed by atoms with van der Waals surface area (Å²) in [6.07, 6.45) is 1.71. The van der Waals surface area contributed by atoms with E-state index in [1.54, 1.807) is 10.8 Å². The highest BCUT2D eigenvalue weighted by Crippen LogP contribution is 2.21. The van der Waals surface area contributed by atoms with Crippen molar-refractivity contribution in [2.45, 2.75) is 6.54 Å². The Kier molecular flexibility index (Phi) is 4.90. The molecule has 2 aromatic carbocycles. The van der Waals surface area contributed by atoms with Gasteiger partial charge in [-0.3, -0.25) is 9.88 Å². The second-order valence-electron chi connectivity index (χ2n) is 7.80. The topological polar surface area (TPSA) is 70.0 Å². The molecular weight excluding hydrogens is 376 g/mol. The second kappa shape index (κ2) is 7.85. The molecule has 2 aromatic heterocycles. The number of hydrogen-bond donors (Lipinski definition) is 1. The number of aromatic amines is 1. The van der Waals surface area contributed by atoms with E-state index >= 15 is 0 Å². The van der Waals surface area contributed by atoms with Gasteiger partial charge in [0.1, 0.15) is 0 Å². The molecule has 0 unspecified atom stereocenters. The zero-order valence-corrected chi connectivity index (χ0v) is 17.0. The molecule has 1 N–H and O–H groups in total. The van der Waals surface area contributed by atoms with E-state index in [-0.39, 0.29) is 5.69 Å². The summed E-state index contributed by atoms with van der Waals surface area (Å²) in [7, 11) is 2.17. The van der Waals surface area contributed by atoms with Gasteiger partial charge in [0.25, 0.3) is 0 Å². The van der Waals surface area contributed by atoms with Crippen LogP contribution in [0, 0.1) is 0 Å². The van der Waals surface area contributed by atoms with Gasteiger partial charge in [-0.25, -0.2) is 19.3 Å². The third-order valence-electron chi connectivity index (χ3n) is 5.66. The standard InChI is InChI=1S/C23H24N6O/c1-27-11-13-28(14-12-27)16-17-7-9-18(10-8-17)20-15-24-21-22(25-20)29(23(30)26-21)19-5-3-2-4-6-19/h2-10,15H,11-14,16H2,1H3,(H,24,26,30). The van der Waals surface area contributed by atoms with Crippen molar-refractivity contribution in [2.24, 2.45) is 0 Å². The summed E-state index contributed by atoms with van der Waals surface area (Å²) < 4.78 is 1.56. The molecule has 1 aliphatic rings. The number of rotatable bonds is 4. The van der Waals surface area contributed by atoms with E-state index in [2.05, 4.69) is 51.1 Å². The average molecular weight is 400 g/mol. The minimum absolute atomic E-state index is 0.240. The number of likely N-dealkylation sites (N-methyl/N-ethyl adjacent to an activating group) is 1. The number of aromatic nitrogens is 4. The summed E-state index contributed by atoms with van der Waals surface area (Å²) in [5, 5.41) is 0. The number of para-hydroxylation sites is 1. The van der Waals surface area contributed by atoms with Gasteiger partial charge in [0.2, 0.25) is 0 Å². The van der Waals surface area contributed by atoms with Gasteiger partial charge in [-0.05, 0) is 24.7 Å². The number of fused-ring (bicyclic) bond motifs is 1. The summed E-state index contributed by atoms with van der Waals surface area (Å²) in [4.78, 5) is 29.3. The molecule has 0 atom stereocenters. The van der Waals surface area contributed by atoms with E-state index in [1.807, 2.05) is 30.3 Å². The van der Waals surface area contributed by atoms with Gasteiger partial charge in [0.15, 0.2) is 11.3 Å². The fraction of sp³-hybridized carbons (Fsp3) is 0.261. The van der Waals surface area contributed by atoms with Crippen LogP contribution in [0.5, 0.6) is 0 Å². The Labute approximate surface area is 174 Å². The highest BCUT2D eigenvalue weighted by molar-refractivity contribution is 5.72. The summed E-state index contributed by atoms with van der Waals surface area (Å²) in [6, 6.07) is 18.0. The van der Waals surface area contributed by atoms with Gasteiger partial charge in [-0.1, -0.05) is 42.5 Å². The molecule has 5 rings (SSSR count). The molecule has 152 valence electrons. The van der Waals surface area contributed by atoms with Gasteiger partial charge in [-0.15, -0.1) is 0 Å². The zero-order chi connectivity index (χ0) is 20.5. The van der Waals surface area contributed by atoms with Gasteiger partial charge in [-0.2, -0.15) is 0 Å². The van der Waals surface area contributed by atoms with Gasteiger partial charge in [0.05, 0.1) is 17.6 Å². The zero-order valence-electron chi connectivity index (χ0n) is 17.0. The number of benzene rings is 2. The number of imidazole rings is 1. The first-order valence-electron chi connectivity index (χ1n) is 10.2. The molecule has 7 heteroatoms. The molecule has 30 heavy (non-hydrogen) atoms. The predicted molar refractivity (Wildman–Crippen MR) is 118 cm³/mol. The van der Waals surface area contributed by atoms with Gasteiger partial charge in [0, 0.05) is 38.3 Å².